The van der Waals surface area contributed by atoms with E-state index in [2.05, 4.69) is 25.7 Å². The molecule has 3 N–H and O–H groups in total. The summed E-state index contributed by atoms with van der Waals surface area (Å²) < 4.78 is 10.4. The molecule has 12 heteroatoms. The number of carboxylic acid groups (broad SMARTS) is 2. The lowest BCUT2D eigenvalue weighted by Gasteiger charge is -2.05. The molecule has 0 amide bonds. The smallest absolute Gasteiger partial charge is 0.341 e. The normalized spacial score (nSPS) is 11.0. The Labute approximate surface area is 185 Å². The minimum Gasteiger partial charge on any atom is -0.481 e. The van der Waals surface area contributed by atoms with Crippen molar-refractivity contribution < 1.29 is 29.3 Å². The molecule has 0 saturated carbocycles. The first kappa shape index (κ1) is 22.4. The standard InChI is InChI=1S/C20H17N5O6S/c26-17(27)11-30-15-7-3-1-5-13(15)9-21-19-24-25-20(32-19)23-22-10-14-6-2-4-8-16(14)31-12-18(28)29/h1-10H,11-12H2,(H,23,25)(H,26,27)(H,28,29)/b21-9+,22-10+. The van der Waals surface area contributed by atoms with E-state index in [0.29, 0.717) is 32.9 Å². The van der Waals surface area contributed by atoms with Crippen LogP contribution in [0.3, 0.4) is 0 Å². The van der Waals surface area contributed by atoms with Crippen LogP contribution in [0.25, 0.3) is 0 Å². The lowest BCUT2D eigenvalue weighted by Crippen LogP contribution is -2.10. The van der Waals surface area contributed by atoms with Gasteiger partial charge in [-0.15, -0.1) is 10.2 Å². The van der Waals surface area contributed by atoms with Gasteiger partial charge in [0, 0.05) is 17.3 Å². The van der Waals surface area contributed by atoms with Gasteiger partial charge in [-0.05, 0) is 24.3 Å². The van der Waals surface area contributed by atoms with Gasteiger partial charge in [0.2, 0.25) is 10.3 Å². The summed E-state index contributed by atoms with van der Waals surface area (Å²) in [5.41, 5.74) is 3.90. The Hall–Kier alpha value is -4.32. The second-order valence-electron chi connectivity index (χ2n) is 5.96. The molecule has 0 aliphatic heterocycles. The van der Waals surface area contributed by atoms with Crippen LogP contribution >= 0.6 is 11.3 Å². The van der Waals surface area contributed by atoms with Crippen molar-refractivity contribution in [1.29, 1.82) is 0 Å². The molecule has 3 aromatic rings. The first-order chi connectivity index (χ1) is 15.5. The predicted molar refractivity (Wildman–Crippen MR) is 118 cm³/mol. The second-order valence-corrected chi connectivity index (χ2v) is 6.91. The van der Waals surface area contributed by atoms with E-state index in [9.17, 15) is 9.59 Å². The zero-order valence-electron chi connectivity index (χ0n) is 16.4. The number of nitrogens with zero attached hydrogens (tertiary/aromatic N) is 4. The number of hydrogen-bond acceptors (Lipinski definition) is 10. The maximum atomic E-state index is 10.7. The molecule has 0 atom stereocenters. The van der Waals surface area contributed by atoms with E-state index in [-0.39, 0.29) is 0 Å². The van der Waals surface area contributed by atoms with Crippen LogP contribution in [-0.4, -0.2) is 58.0 Å². The molecule has 2 aromatic carbocycles. The number of anilines is 1. The molecular weight excluding hydrogens is 438 g/mol. The molecule has 1 heterocycles. The molecule has 0 saturated heterocycles. The van der Waals surface area contributed by atoms with Gasteiger partial charge in [0.1, 0.15) is 11.5 Å². The number of para-hydroxylation sites is 2. The molecule has 164 valence electrons. The Balaban J connectivity index is 1.62. The number of benzene rings is 2. The maximum absolute atomic E-state index is 10.7. The summed E-state index contributed by atoms with van der Waals surface area (Å²) in [6, 6.07) is 13.7. The number of aliphatic carboxylic acids is 2. The first-order valence-electron chi connectivity index (χ1n) is 9.05. The van der Waals surface area contributed by atoms with Gasteiger partial charge in [0.25, 0.3) is 0 Å². The van der Waals surface area contributed by atoms with Gasteiger partial charge < -0.3 is 19.7 Å². The Bertz CT molecular complexity index is 1150. The van der Waals surface area contributed by atoms with Crippen LogP contribution in [0.2, 0.25) is 0 Å². The van der Waals surface area contributed by atoms with Gasteiger partial charge in [-0.2, -0.15) is 5.10 Å². The summed E-state index contributed by atoms with van der Waals surface area (Å²) >= 11 is 1.14. The van der Waals surface area contributed by atoms with Crippen molar-refractivity contribution in [2.75, 3.05) is 18.6 Å². The van der Waals surface area contributed by atoms with E-state index >= 15 is 0 Å². The van der Waals surface area contributed by atoms with Crippen molar-refractivity contribution in [3.63, 3.8) is 0 Å². The van der Waals surface area contributed by atoms with Crippen molar-refractivity contribution in [2.45, 2.75) is 0 Å². The minimum atomic E-state index is -1.08. The molecule has 0 aliphatic carbocycles. The molecule has 0 fully saturated rings. The monoisotopic (exact) mass is 455 g/mol. The first-order valence-corrected chi connectivity index (χ1v) is 9.87. The molecule has 0 radical (unpaired) electrons. The summed E-state index contributed by atoms with van der Waals surface area (Å²) in [4.78, 5) is 25.6. The van der Waals surface area contributed by atoms with Gasteiger partial charge in [0.05, 0.1) is 6.21 Å². The number of carboxylic acids is 2. The molecular formula is C20H17N5O6S. The molecule has 3 rings (SSSR count). The zero-order chi connectivity index (χ0) is 22.8. The van der Waals surface area contributed by atoms with Crippen LogP contribution in [0.5, 0.6) is 11.5 Å². The highest BCUT2D eigenvalue weighted by Gasteiger charge is 2.06. The predicted octanol–water partition coefficient (Wildman–Crippen LogP) is 2.66. The van der Waals surface area contributed by atoms with E-state index in [0.717, 1.165) is 11.3 Å². The van der Waals surface area contributed by atoms with E-state index in [1.165, 1.54) is 12.4 Å². The third-order valence-corrected chi connectivity index (χ3v) is 4.37. The lowest BCUT2D eigenvalue weighted by molar-refractivity contribution is -0.140. The van der Waals surface area contributed by atoms with Gasteiger partial charge in [-0.1, -0.05) is 35.6 Å². The Morgan fingerprint density at radius 2 is 1.47 bits per heavy atom. The molecule has 11 nitrogen and oxygen atoms in total. The van der Waals surface area contributed by atoms with Crippen molar-refractivity contribution in [2.24, 2.45) is 10.1 Å². The number of aliphatic imine (C=N–C) groups is 1. The van der Waals surface area contributed by atoms with Crippen molar-refractivity contribution in [1.82, 2.24) is 10.2 Å². The van der Waals surface area contributed by atoms with E-state index in [1.54, 1.807) is 48.5 Å². The van der Waals surface area contributed by atoms with Crippen LogP contribution in [0.15, 0.2) is 58.6 Å². The highest BCUT2D eigenvalue weighted by Crippen LogP contribution is 2.24. The van der Waals surface area contributed by atoms with Gasteiger partial charge >= 0.3 is 11.9 Å². The molecule has 0 unspecified atom stereocenters. The quantitative estimate of drug-likeness (QED) is 0.292. The summed E-state index contributed by atoms with van der Waals surface area (Å²) in [6.45, 7) is -0.916. The Morgan fingerprint density at radius 3 is 2.06 bits per heavy atom. The molecule has 0 aliphatic rings. The highest BCUT2D eigenvalue weighted by atomic mass is 32.1. The fraction of sp³-hybridized carbons (Fsp3) is 0.100. The van der Waals surface area contributed by atoms with Crippen LogP contribution in [-0.2, 0) is 9.59 Å². The average Bonchev–Trinajstić information content (AvgIpc) is 3.23. The number of carbonyl (C=O) groups is 2. The topological polar surface area (TPSA) is 156 Å². The summed E-state index contributed by atoms with van der Waals surface area (Å²) in [7, 11) is 0. The van der Waals surface area contributed by atoms with Crippen molar-refractivity contribution in [3.05, 3.63) is 59.7 Å². The third kappa shape index (κ3) is 6.88. The molecule has 32 heavy (non-hydrogen) atoms. The molecule has 1 aromatic heterocycles. The van der Waals surface area contributed by atoms with Gasteiger partial charge in [-0.25, -0.2) is 14.6 Å². The van der Waals surface area contributed by atoms with Gasteiger partial charge in [-0.3, -0.25) is 5.43 Å². The van der Waals surface area contributed by atoms with Crippen LogP contribution in [0.1, 0.15) is 11.1 Å². The van der Waals surface area contributed by atoms with E-state index in [4.69, 9.17) is 19.7 Å². The fourth-order valence-corrected chi connectivity index (χ4v) is 2.85. The number of hydrogen-bond donors (Lipinski definition) is 3. The average molecular weight is 455 g/mol. The number of ether oxygens (including phenoxy) is 2. The number of rotatable bonds is 11. The SMILES string of the molecule is O=C(O)COc1ccccc1/C=N/Nc1nnc(/N=C/c2ccccc2OCC(=O)O)s1. The fourth-order valence-electron chi connectivity index (χ4n) is 2.31. The number of hydrazone groups is 1. The van der Waals surface area contributed by atoms with Gasteiger partial charge in [0.15, 0.2) is 13.2 Å². The molecule has 0 spiro atoms. The summed E-state index contributed by atoms with van der Waals surface area (Å²) in [5, 5.41) is 30.2. The number of nitrogens with one attached hydrogen (secondary N) is 1. The summed E-state index contributed by atoms with van der Waals surface area (Å²) in [6.07, 6.45) is 2.97. The van der Waals surface area contributed by atoms with Crippen LogP contribution < -0.4 is 14.9 Å². The van der Waals surface area contributed by atoms with Crippen molar-refractivity contribution in [3.8, 4) is 11.5 Å². The van der Waals surface area contributed by atoms with Crippen LogP contribution in [0.4, 0.5) is 10.3 Å². The Kier molecular flexibility index (Phi) is 7.81. The maximum Gasteiger partial charge on any atom is 0.341 e. The lowest BCUT2D eigenvalue weighted by atomic mass is 10.2. The highest BCUT2D eigenvalue weighted by molar-refractivity contribution is 7.18. The second kappa shape index (κ2) is 11.2. The Morgan fingerprint density at radius 1 is 0.906 bits per heavy atom. The van der Waals surface area contributed by atoms with Crippen molar-refractivity contribution >= 4 is 46.0 Å². The largest absolute Gasteiger partial charge is 0.481 e. The summed E-state index contributed by atoms with van der Waals surface area (Å²) in [5.74, 6) is -1.39. The zero-order valence-corrected chi connectivity index (χ0v) is 17.2. The molecule has 0 bridgehead atoms. The van der Waals surface area contributed by atoms with Crippen LogP contribution in [0, 0.1) is 0 Å². The minimum absolute atomic E-state index is 0.348. The number of aromatic nitrogens is 2. The third-order valence-electron chi connectivity index (χ3n) is 3.63. The van der Waals surface area contributed by atoms with E-state index < -0.39 is 25.2 Å². The van der Waals surface area contributed by atoms with E-state index in [1.807, 2.05) is 0 Å².